The summed E-state index contributed by atoms with van der Waals surface area (Å²) in [4.78, 5) is 24.5. The molecule has 6 nitrogen and oxygen atoms in total. The quantitative estimate of drug-likeness (QED) is 0.687. The predicted molar refractivity (Wildman–Crippen MR) is 99.1 cm³/mol. The number of amides is 2. The molecule has 0 saturated carbocycles. The lowest BCUT2D eigenvalue weighted by atomic mass is 10.1. The molecule has 0 aliphatic rings. The molecule has 0 bridgehead atoms. The van der Waals surface area contributed by atoms with Crippen LogP contribution in [0.4, 0.5) is 13.2 Å². The fourth-order valence-electron chi connectivity index (χ4n) is 2.88. The topological polar surface area (TPSA) is 90.0 Å². The number of nitrogens with one attached hydrogen (secondary N) is 1. The average Bonchev–Trinajstić information content (AvgIpc) is 3.07. The van der Waals surface area contributed by atoms with Gasteiger partial charge in [0.1, 0.15) is 6.04 Å². The van der Waals surface area contributed by atoms with Crippen LogP contribution in [0.2, 0.25) is 0 Å². The lowest BCUT2D eigenvalue weighted by Crippen LogP contribution is -2.37. The zero-order valence-electron chi connectivity index (χ0n) is 15.3. The molecule has 0 saturated heterocycles. The summed E-state index contributed by atoms with van der Waals surface area (Å²) in [7, 11) is 0. The average molecular weight is 402 g/mol. The SMILES string of the molecule is Cc1c(C(=O)NC(C(N)=O)c2ccccc2)cnn1-c1cccc(C(F)(F)F)c1. The molecule has 9 heteroatoms. The van der Waals surface area contributed by atoms with E-state index in [1.54, 1.807) is 37.3 Å². The molecule has 29 heavy (non-hydrogen) atoms. The first-order chi connectivity index (χ1) is 13.7. The number of benzene rings is 2. The minimum absolute atomic E-state index is 0.115. The van der Waals surface area contributed by atoms with Crippen molar-refractivity contribution in [2.75, 3.05) is 0 Å². The monoisotopic (exact) mass is 402 g/mol. The fraction of sp³-hybridized carbons (Fsp3) is 0.150. The molecule has 0 radical (unpaired) electrons. The van der Waals surface area contributed by atoms with Crippen LogP contribution in [0.15, 0.2) is 60.8 Å². The molecule has 0 spiro atoms. The first kappa shape index (κ1) is 20.1. The number of hydrogen-bond donors (Lipinski definition) is 2. The van der Waals surface area contributed by atoms with Gasteiger partial charge in [0.25, 0.3) is 5.91 Å². The Morgan fingerprint density at radius 1 is 1.10 bits per heavy atom. The molecular weight excluding hydrogens is 385 g/mol. The third kappa shape index (κ3) is 4.29. The third-order valence-electron chi connectivity index (χ3n) is 4.37. The predicted octanol–water partition coefficient (Wildman–Crippen LogP) is 3.16. The van der Waals surface area contributed by atoms with Gasteiger partial charge in [-0.25, -0.2) is 4.68 Å². The zero-order valence-corrected chi connectivity index (χ0v) is 15.3. The number of carbonyl (C=O) groups is 2. The second-order valence-corrected chi connectivity index (χ2v) is 6.32. The van der Waals surface area contributed by atoms with E-state index in [1.807, 2.05) is 0 Å². The van der Waals surface area contributed by atoms with Gasteiger partial charge in [0.2, 0.25) is 5.91 Å². The number of carbonyl (C=O) groups excluding carboxylic acids is 2. The van der Waals surface area contributed by atoms with Crippen LogP contribution in [0.5, 0.6) is 0 Å². The van der Waals surface area contributed by atoms with Gasteiger partial charge in [-0.3, -0.25) is 9.59 Å². The highest BCUT2D eigenvalue weighted by molar-refractivity contribution is 5.98. The van der Waals surface area contributed by atoms with E-state index < -0.39 is 29.6 Å². The van der Waals surface area contributed by atoms with Crippen LogP contribution in [0.3, 0.4) is 0 Å². The molecule has 1 heterocycles. The van der Waals surface area contributed by atoms with Crippen LogP contribution in [0.1, 0.15) is 33.2 Å². The molecule has 1 atom stereocenters. The Morgan fingerprint density at radius 3 is 2.41 bits per heavy atom. The number of nitrogens with zero attached hydrogens (tertiary/aromatic N) is 2. The summed E-state index contributed by atoms with van der Waals surface area (Å²) in [6.45, 7) is 1.55. The summed E-state index contributed by atoms with van der Waals surface area (Å²) >= 11 is 0. The van der Waals surface area contributed by atoms with Crippen molar-refractivity contribution in [3.8, 4) is 5.69 Å². The molecule has 150 valence electrons. The van der Waals surface area contributed by atoms with Crippen molar-refractivity contribution in [2.24, 2.45) is 5.73 Å². The number of alkyl halides is 3. The van der Waals surface area contributed by atoms with Crippen LogP contribution in [-0.4, -0.2) is 21.6 Å². The van der Waals surface area contributed by atoms with E-state index in [2.05, 4.69) is 10.4 Å². The zero-order chi connectivity index (χ0) is 21.2. The highest BCUT2D eigenvalue weighted by Crippen LogP contribution is 2.30. The number of aromatic nitrogens is 2. The van der Waals surface area contributed by atoms with Gasteiger partial charge in [0, 0.05) is 0 Å². The maximum Gasteiger partial charge on any atom is 0.416 e. The van der Waals surface area contributed by atoms with E-state index in [4.69, 9.17) is 5.73 Å². The molecule has 3 N–H and O–H groups in total. The standard InChI is InChI=1S/C20H17F3N4O2/c1-12-16(19(29)26-17(18(24)28)13-6-3-2-4-7-13)11-25-27(12)15-9-5-8-14(10-15)20(21,22)23/h2-11,17H,1H3,(H2,24,28)(H,26,29). The molecule has 1 aromatic heterocycles. The van der Waals surface area contributed by atoms with Crippen molar-refractivity contribution < 1.29 is 22.8 Å². The smallest absolute Gasteiger partial charge is 0.368 e. The van der Waals surface area contributed by atoms with Gasteiger partial charge < -0.3 is 11.1 Å². The molecule has 3 rings (SSSR count). The maximum absolute atomic E-state index is 13.0. The van der Waals surface area contributed by atoms with Gasteiger partial charge in [-0.1, -0.05) is 36.4 Å². The highest BCUT2D eigenvalue weighted by atomic mass is 19.4. The van der Waals surface area contributed by atoms with Crippen LogP contribution in [-0.2, 0) is 11.0 Å². The second kappa shape index (κ2) is 7.78. The van der Waals surface area contributed by atoms with Gasteiger partial charge in [0.05, 0.1) is 28.7 Å². The van der Waals surface area contributed by atoms with Crippen LogP contribution >= 0.6 is 0 Å². The van der Waals surface area contributed by atoms with Gasteiger partial charge >= 0.3 is 6.18 Å². The van der Waals surface area contributed by atoms with Crippen molar-refractivity contribution in [3.63, 3.8) is 0 Å². The van der Waals surface area contributed by atoms with E-state index in [9.17, 15) is 22.8 Å². The van der Waals surface area contributed by atoms with Crippen LogP contribution in [0.25, 0.3) is 5.69 Å². The van der Waals surface area contributed by atoms with E-state index >= 15 is 0 Å². The van der Waals surface area contributed by atoms with Crippen molar-refractivity contribution in [1.29, 1.82) is 0 Å². The minimum atomic E-state index is -4.50. The number of primary amides is 1. The summed E-state index contributed by atoms with van der Waals surface area (Å²) in [5, 5.41) is 6.57. The summed E-state index contributed by atoms with van der Waals surface area (Å²) in [5.74, 6) is -1.36. The summed E-state index contributed by atoms with van der Waals surface area (Å²) in [6, 6.07) is 12.0. The van der Waals surface area contributed by atoms with E-state index in [0.717, 1.165) is 12.1 Å². The van der Waals surface area contributed by atoms with Crippen LogP contribution in [0, 0.1) is 6.92 Å². The molecule has 2 aromatic carbocycles. The van der Waals surface area contributed by atoms with Gasteiger partial charge in [-0.2, -0.15) is 18.3 Å². The van der Waals surface area contributed by atoms with Gasteiger partial charge in [0.15, 0.2) is 0 Å². The number of rotatable bonds is 5. The van der Waals surface area contributed by atoms with Crippen molar-refractivity contribution in [1.82, 2.24) is 15.1 Å². The van der Waals surface area contributed by atoms with Crippen LogP contribution < -0.4 is 11.1 Å². The van der Waals surface area contributed by atoms with E-state index in [1.165, 1.54) is 23.0 Å². The highest BCUT2D eigenvalue weighted by Gasteiger charge is 2.31. The Bertz CT molecular complexity index is 1050. The van der Waals surface area contributed by atoms with Gasteiger partial charge in [-0.05, 0) is 30.7 Å². The van der Waals surface area contributed by atoms with E-state index in [0.29, 0.717) is 11.3 Å². The fourth-order valence-corrected chi connectivity index (χ4v) is 2.88. The number of halogens is 3. The molecular formula is C20H17F3N4O2. The summed E-state index contributed by atoms with van der Waals surface area (Å²) in [6.07, 6.45) is -3.27. The maximum atomic E-state index is 13.0. The van der Waals surface area contributed by atoms with Gasteiger partial charge in [-0.15, -0.1) is 0 Å². The molecule has 3 aromatic rings. The largest absolute Gasteiger partial charge is 0.416 e. The third-order valence-corrected chi connectivity index (χ3v) is 4.37. The van der Waals surface area contributed by atoms with Crippen molar-refractivity contribution in [2.45, 2.75) is 19.1 Å². The summed E-state index contributed by atoms with van der Waals surface area (Å²) in [5.41, 5.74) is 5.68. The second-order valence-electron chi connectivity index (χ2n) is 6.32. The first-order valence-electron chi connectivity index (χ1n) is 8.56. The molecule has 0 aliphatic carbocycles. The number of nitrogens with two attached hydrogens (primary N) is 1. The van der Waals surface area contributed by atoms with E-state index in [-0.39, 0.29) is 11.3 Å². The molecule has 1 unspecified atom stereocenters. The normalized spacial score (nSPS) is 12.4. The Kier molecular flexibility index (Phi) is 5.40. The Morgan fingerprint density at radius 2 is 1.79 bits per heavy atom. The lowest BCUT2D eigenvalue weighted by molar-refractivity contribution is -0.137. The molecule has 0 aliphatic heterocycles. The molecule has 0 fully saturated rings. The Hall–Kier alpha value is -3.62. The van der Waals surface area contributed by atoms with Crippen molar-refractivity contribution in [3.05, 3.63) is 83.2 Å². The lowest BCUT2D eigenvalue weighted by Gasteiger charge is -2.16. The summed E-state index contributed by atoms with van der Waals surface area (Å²) < 4.78 is 40.1. The Balaban J connectivity index is 1.89. The Labute approximate surface area is 164 Å². The first-order valence-corrected chi connectivity index (χ1v) is 8.56. The minimum Gasteiger partial charge on any atom is -0.368 e. The van der Waals surface area contributed by atoms with Crippen molar-refractivity contribution >= 4 is 11.8 Å². The molecule has 2 amide bonds. The number of hydrogen-bond acceptors (Lipinski definition) is 3.